The van der Waals surface area contributed by atoms with Crippen molar-refractivity contribution in [1.29, 1.82) is 0 Å². The third-order valence-electron chi connectivity index (χ3n) is 8.03. The molecule has 0 bridgehead atoms. The van der Waals surface area contributed by atoms with Crippen molar-refractivity contribution in [2.75, 3.05) is 0 Å². The van der Waals surface area contributed by atoms with Crippen LogP contribution in [0.2, 0.25) is 0 Å². The first-order chi connectivity index (χ1) is 18.4. The van der Waals surface area contributed by atoms with E-state index < -0.39 is 0 Å². The summed E-state index contributed by atoms with van der Waals surface area (Å²) in [6, 6.07) is 41.8. The molecule has 0 aliphatic heterocycles. The fourth-order valence-electron chi connectivity index (χ4n) is 6.53. The average molecular weight is 473 g/mol. The molecule has 0 fully saturated rings. The molecule has 1 aromatic heterocycles. The van der Waals surface area contributed by atoms with Gasteiger partial charge in [-0.25, -0.2) is 0 Å². The van der Waals surface area contributed by atoms with Gasteiger partial charge in [0, 0.05) is 16.9 Å². The summed E-state index contributed by atoms with van der Waals surface area (Å²) < 4.78 is 6.32. The van der Waals surface area contributed by atoms with Crippen molar-refractivity contribution in [3.63, 3.8) is 0 Å². The molecular formula is C36H24O. The van der Waals surface area contributed by atoms with E-state index in [1.807, 2.05) is 0 Å². The largest absolute Gasteiger partial charge is 0.456 e. The monoisotopic (exact) mass is 472 g/mol. The predicted molar refractivity (Wildman–Crippen MR) is 156 cm³/mol. The van der Waals surface area contributed by atoms with Crippen LogP contribution in [0.4, 0.5) is 0 Å². The molecule has 0 spiro atoms. The van der Waals surface area contributed by atoms with Gasteiger partial charge in [-0.05, 0) is 67.6 Å². The number of hydrogen-bond donors (Lipinski definition) is 0. The number of benzene rings is 6. The molecule has 37 heavy (non-hydrogen) atoms. The number of para-hydroxylation sites is 1. The van der Waals surface area contributed by atoms with Crippen LogP contribution in [0, 0.1) is 0 Å². The molecule has 0 amide bonds. The van der Waals surface area contributed by atoms with Crippen LogP contribution in [-0.2, 0) is 0 Å². The Bertz CT molecular complexity index is 1960. The maximum atomic E-state index is 6.32. The second-order valence-corrected chi connectivity index (χ2v) is 9.97. The summed E-state index contributed by atoms with van der Waals surface area (Å²) in [4.78, 5) is 0. The zero-order valence-corrected chi connectivity index (χ0v) is 20.3. The summed E-state index contributed by atoms with van der Waals surface area (Å²) in [5.74, 6) is 1.21. The minimum Gasteiger partial charge on any atom is -0.456 e. The summed E-state index contributed by atoms with van der Waals surface area (Å²) in [5, 5.41) is 9.02. The molecule has 1 unspecified atom stereocenters. The van der Waals surface area contributed by atoms with Gasteiger partial charge < -0.3 is 4.42 Å². The van der Waals surface area contributed by atoms with E-state index in [1.165, 1.54) is 60.0 Å². The molecule has 0 saturated carbocycles. The van der Waals surface area contributed by atoms with E-state index in [0.717, 1.165) is 17.8 Å². The van der Waals surface area contributed by atoms with Crippen molar-refractivity contribution in [3.05, 3.63) is 138 Å². The fourth-order valence-corrected chi connectivity index (χ4v) is 6.53. The van der Waals surface area contributed by atoms with Crippen molar-refractivity contribution in [1.82, 2.24) is 0 Å². The predicted octanol–water partition coefficient (Wildman–Crippen LogP) is 10.1. The highest BCUT2D eigenvalue weighted by Crippen LogP contribution is 2.49. The van der Waals surface area contributed by atoms with Gasteiger partial charge in [0.25, 0.3) is 0 Å². The van der Waals surface area contributed by atoms with Gasteiger partial charge in [-0.2, -0.15) is 0 Å². The second-order valence-electron chi connectivity index (χ2n) is 9.97. The number of fused-ring (bicyclic) bond motifs is 6. The van der Waals surface area contributed by atoms with Crippen molar-refractivity contribution in [2.24, 2.45) is 0 Å². The molecule has 1 nitrogen and oxygen atoms in total. The van der Waals surface area contributed by atoms with Crippen LogP contribution in [0.3, 0.4) is 0 Å². The highest BCUT2D eigenvalue weighted by Gasteiger charge is 2.29. The Balaban J connectivity index is 1.52. The molecule has 1 heteroatoms. The Morgan fingerprint density at radius 1 is 0.514 bits per heavy atom. The van der Waals surface area contributed by atoms with Crippen LogP contribution in [0.25, 0.3) is 60.5 Å². The Morgan fingerprint density at radius 3 is 1.86 bits per heavy atom. The summed E-state index contributed by atoms with van der Waals surface area (Å²) in [6.07, 6.45) is 5.39. The van der Waals surface area contributed by atoms with Crippen LogP contribution in [-0.4, -0.2) is 0 Å². The average Bonchev–Trinajstić information content (AvgIpc) is 3.35. The van der Waals surface area contributed by atoms with Crippen molar-refractivity contribution in [3.8, 4) is 11.1 Å². The Morgan fingerprint density at radius 2 is 1.11 bits per heavy atom. The highest BCUT2D eigenvalue weighted by molar-refractivity contribution is 6.19. The smallest absolute Gasteiger partial charge is 0.135 e. The summed E-state index contributed by atoms with van der Waals surface area (Å²) in [5.41, 5.74) is 6.27. The van der Waals surface area contributed by atoms with Crippen LogP contribution < -0.4 is 0 Å². The number of rotatable bonds is 2. The fraction of sp³-hybridized carbons (Fsp3) is 0.0556. The van der Waals surface area contributed by atoms with Crippen LogP contribution in [0.5, 0.6) is 0 Å². The Hall–Kier alpha value is -4.62. The minimum absolute atomic E-state index is 0.222. The first kappa shape index (κ1) is 20.6. The lowest BCUT2D eigenvalue weighted by atomic mass is 9.77. The summed E-state index contributed by atoms with van der Waals surface area (Å²) in [6.45, 7) is 0. The molecule has 0 radical (unpaired) electrons. The first-order valence-electron chi connectivity index (χ1n) is 13.0. The van der Waals surface area contributed by atoms with E-state index in [0.29, 0.717) is 0 Å². The number of allylic oxidation sites excluding steroid dienone is 1. The minimum atomic E-state index is 0.222. The third-order valence-corrected chi connectivity index (χ3v) is 8.03. The van der Waals surface area contributed by atoms with Crippen LogP contribution >= 0.6 is 0 Å². The molecule has 0 N–H and O–H groups in total. The molecule has 1 aliphatic rings. The quantitative estimate of drug-likeness (QED) is 0.228. The van der Waals surface area contributed by atoms with Gasteiger partial charge in [-0.3, -0.25) is 0 Å². The topological polar surface area (TPSA) is 13.1 Å². The molecular weight excluding hydrogens is 448 g/mol. The van der Waals surface area contributed by atoms with Crippen LogP contribution in [0.1, 0.15) is 29.2 Å². The number of furan rings is 1. The van der Waals surface area contributed by atoms with Gasteiger partial charge in [0.1, 0.15) is 11.3 Å². The lowest BCUT2D eigenvalue weighted by Crippen LogP contribution is -2.06. The zero-order valence-electron chi connectivity index (χ0n) is 20.3. The summed E-state index contributed by atoms with van der Waals surface area (Å²) >= 11 is 0. The van der Waals surface area contributed by atoms with Gasteiger partial charge in [-0.15, -0.1) is 0 Å². The van der Waals surface area contributed by atoms with Crippen molar-refractivity contribution >= 4 is 49.4 Å². The van der Waals surface area contributed by atoms with Crippen molar-refractivity contribution in [2.45, 2.75) is 12.3 Å². The lowest BCUT2D eigenvalue weighted by Gasteiger charge is -2.25. The molecule has 0 saturated heterocycles. The Labute approximate surface area is 215 Å². The standard InChI is InChI=1S/C36H24O/c1-2-13-24-23(11-1)12-9-19-25(24)34-26-14-3-5-16-28(26)35(29-17-6-4-15-27(29)34)31-20-10-22-33-36(31)30-18-7-8-21-32(30)37-33/h1-19,21-22,31H,20H2. The molecule has 1 aliphatic carbocycles. The lowest BCUT2D eigenvalue weighted by molar-refractivity contribution is 0.590. The maximum absolute atomic E-state index is 6.32. The summed E-state index contributed by atoms with van der Waals surface area (Å²) in [7, 11) is 0. The SMILES string of the molecule is C1=Cc2oc3ccccc3c2C(c2c3ccccc3c(-c3cccc4ccccc34)c3ccccc23)C1. The van der Waals surface area contributed by atoms with E-state index in [2.05, 4.69) is 127 Å². The normalized spacial score (nSPS) is 15.1. The van der Waals surface area contributed by atoms with E-state index in [-0.39, 0.29) is 5.92 Å². The Kier molecular flexibility index (Phi) is 4.41. The van der Waals surface area contributed by atoms with Gasteiger partial charge in [-0.1, -0.05) is 115 Å². The van der Waals surface area contributed by atoms with E-state index in [4.69, 9.17) is 4.42 Å². The first-order valence-corrected chi connectivity index (χ1v) is 13.0. The van der Waals surface area contributed by atoms with E-state index in [9.17, 15) is 0 Å². The molecule has 1 atom stereocenters. The third kappa shape index (κ3) is 2.98. The highest BCUT2D eigenvalue weighted by atomic mass is 16.3. The molecule has 8 rings (SSSR count). The van der Waals surface area contributed by atoms with Gasteiger partial charge in [0.2, 0.25) is 0 Å². The van der Waals surface area contributed by atoms with Gasteiger partial charge in [0.15, 0.2) is 0 Å². The van der Waals surface area contributed by atoms with Crippen LogP contribution in [0.15, 0.2) is 126 Å². The number of hydrogen-bond acceptors (Lipinski definition) is 1. The van der Waals surface area contributed by atoms with Crippen molar-refractivity contribution < 1.29 is 4.42 Å². The maximum Gasteiger partial charge on any atom is 0.135 e. The molecule has 174 valence electrons. The zero-order chi connectivity index (χ0) is 24.3. The molecule has 1 heterocycles. The second kappa shape index (κ2) is 7.94. The molecule has 6 aromatic carbocycles. The van der Waals surface area contributed by atoms with E-state index >= 15 is 0 Å². The molecule has 7 aromatic rings. The van der Waals surface area contributed by atoms with E-state index in [1.54, 1.807) is 0 Å². The van der Waals surface area contributed by atoms with Gasteiger partial charge >= 0.3 is 0 Å². The van der Waals surface area contributed by atoms with Gasteiger partial charge in [0.05, 0.1) is 0 Å².